The van der Waals surface area contributed by atoms with Crippen molar-refractivity contribution >= 4 is 34.7 Å². The van der Waals surface area contributed by atoms with E-state index in [-0.39, 0.29) is 0 Å². The lowest BCUT2D eigenvalue weighted by Gasteiger charge is -2.21. The Morgan fingerprint density at radius 1 is 1.12 bits per heavy atom. The summed E-state index contributed by atoms with van der Waals surface area (Å²) in [7, 11) is 3.56. The molecule has 1 N–H and O–H groups in total. The van der Waals surface area contributed by atoms with Gasteiger partial charge in [0.1, 0.15) is 23.9 Å². The van der Waals surface area contributed by atoms with Crippen LogP contribution in [-0.2, 0) is 0 Å². The first-order valence-electron chi connectivity index (χ1n) is 11.2. The van der Waals surface area contributed by atoms with Crippen LogP contribution in [0.5, 0.6) is 11.5 Å². The van der Waals surface area contributed by atoms with E-state index in [2.05, 4.69) is 15.2 Å². The second-order valence-corrected chi connectivity index (χ2v) is 8.53. The number of methoxy groups -OCH3 is 1. The summed E-state index contributed by atoms with van der Waals surface area (Å²) in [6.07, 6.45) is 4.41. The van der Waals surface area contributed by atoms with Gasteiger partial charge < -0.3 is 19.7 Å². The summed E-state index contributed by atoms with van der Waals surface area (Å²) in [6, 6.07) is 13.5. The topological polar surface area (TPSA) is 62.8 Å². The van der Waals surface area contributed by atoms with E-state index in [1.165, 1.54) is 25.9 Å². The summed E-state index contributed by atoms with van der Waals surface area (Å²) in [6.45, 7) is 6.04. The van der Waals surface area contributed by atoms with Crippen LogP contribution >= 0.6 is 11.6 Å². The fourth-order valence-electron chi connectivity index (χ4n) is 3.87. The van der Waals surface area contributed by atoms with Gasteiger partial charge in [0.15, 0.2) is 0 Å². The van der Waals surface area contributed by atoms with Gasteiger partial charge in [-0.2, -0.15) is 4.98 Å². The van der Waals surface area contributed by atoms with Crippen molar-refractivity contribution in [2.24, 2.45) is 0 Å². The van der Waals surface area contributed by atoms with Gasteiger partial charge in [-0.15, -0.1) is 0 Å². The van der Waals surface area contributed by atoms with Crippen molar-refractivity contribution in [2.45, 2.75) is 19.8 Å². The fraction of sp³-hybridized carbons (Fsp3) is 0.360. The Labute approximate surface area is 200 Å². The summed E-state index contributed by atoms with van der Waals surface area (Å²) < 4.78 is 11.2. The molecule has 0 unspecified atom stereocenters. The molecule has 0 aliphatic carbocycles. The lowest BCUT2D eigenvalue weighted by atomic mass is 10.2. The van der Waals surface area contributed by atoms with Crippen LogP contribution in [0.3, 0.4) is 0 Å². The van der Waals surface area contributed by atoms with Crippen molar-refractivity contribution in [3.63, 3.8) is 0 Å². The lowest BCUT2D eigenvalue weighted by Crippen LogP contribution is -2.25. The molecule has 0 saturated carbocycles. The molecule has 1 fully saturated rings. The number of benzene rings is 2. The Kier molecular flexibility index (Phi) is 7.52. The fourth-order valence-corrected chi connectivity index (χ4v) is 4.07. The summed E-state index contributed by atoms with van der Waals surface area (Å²) >= 11 is 6.17. The highest BCUT2D eigenvalue weighted by Gasteiger charge is 2.14. The second-order valence-electron chi connectivity index (χ2n) is 8.12. The number of halogens is 1. The van der Waals surface area contributed by atoms with Crippen LogP contribution in [0.15, 0.2) is 48.7 Å². The van der Waals surface area contributed by atoms with Crippen LogP contribution in [0.2, 0.25) is 5.02 Å². The molecule has 33 heavy (non-hydrogen) atoms. The third-order valence-corrected chi connectivity index (χ3v) is 6.08. The number of nitrogens with one attached hydrogen (secondary N) is 1. The number of aromatic nitrogens is 2. The zero-order valence-electron chi connectivity index (χ0n) is 19.3. The van der Waals surface area contributed by atoms with Gasteiger partial charge in [0.05, 0.1) is 12.1 Å². The molecule has 3 aromatic rings. The maximum absolute atomic E-state index is 6.17. The Balaban J connectivity index is 1.41. The molecule has 0 radical (unpaired) electrons. The summed E-state index contributed by atoms with van der Waals surface area (Å²) in [5.74, 6) is 2.79. The molecule has 0 amide bonds. The molecular formula is C25H30ClN5O2. The van der Waals surface area contributed by atoms with Crippen molar-refractivity contribution in [1.29, 1.82) is 0 Å². The van der Waals surface area contributed by atoms with Crippen LogP contribution in [-0.4, -0.2) is 55.3 Å². The van der Waals surface area contributed by atoms with Gasteiger partial charge in [0, 0.05) is 42.8 Å². The van der Waals surface area contributed by atoms with Gasteiger partial charge in [-0.05, 0) is 69.3 Å². The molecule has 1 aliphatic heterocycles. The van der Waals surface area contributed by atoms with E-state index in [0.29, 0.717) is 23.3 Å². The van der Waals surface area contributed by atoms with Crippen molar-refractivity contribution in [3.05, 3.63) is 59.2 Å². The maximum Gasteiger partial charge on any atom is 0.229 e. The van der Waals surface area contributed by atoms with Gasteiger partial charge in [0.25, 0.3) is 0 Å². The van der Waals surface area contributed by atoms with Crippen molar-refractivity contribution in [3.8, 4) is 11.5 Å². The molecule has 7 nitrogen and oxygen atoms in total. The third-order valence-electron chi connectivity index (χ3n) is 5.77. The van der Waals surface area contributed by atoms with Gasteiger partial charge >= 0.3 is 0 Å². The van der Waals surface area contributed by atoms with Crippen LogP contribution in [0, 0.1) is 6.92 Å². The van der Waals surface area contributed by atoms with E-state index in [9.17, 15) is 0 Å². The zero-order valence-corrected chi connectivity index (χ0v) is 20.1. The predicted molar refractivity (Wildman–Crippen MR) is 134 cm³/mol. The number of anilines is 4. The van der Waals surface area contributed by atoms with Crippen LogP contribution in [0.25, 0.3) is 0 Å². The number of aryl methyl sites for hydroxylation is 1. The highest BCUT2D eigenvalue weighted by atomic mass is 35.5. The van der Waals surface area contributed by atoms with E-state index in [4.69, 9.17) is 26.1 Å². The molecule has 2 heterocycles. The summed E-state index contributed by atoms with van der Waals surface area (Å²) in [4.78, 5) is 13.6. The van der Waals surface area contributed by atoms with E-state index in [0.717, 1.165) is 35.1 Å². The first-order valence-corrected chi connectivity index (χ1v) is 11.5. The Hall–Kier alpha value is -3.03. The predicted octanol–water partition coefficient (Wildman–Crippen LogP) is 5.43. The largest absolute Gasteiger partial charge is 0.495 e. The zero-order chi connectivity index (χ0) is 23.2. The normalized spacial score (nSPS) is 13.7. The molecule has 1 saturated heterocycles. The molecule has 2 aromatic carbocycles. The monoisotopic (exact) mass is 467 g/mol. The highest BCUT2D eigenvalue weighted by Crippen LogP contribution is 2.33. The van der Waals surface area contributed by atoms with Gasteiger partial charge in [0.2, 0.25) is 5.95 Å². The summed E-state index contributed by atoms with van der Waals surface area (Å²) in [5, 5.41) is 3.85. The first kappa shape index (κ1) is 23.1. The Morgan fingerprint density at radius 3 is 2.61 bits per heavy atom. The van der Waals surface area contributed by atoms with E-state index in [1.54, 1.807) is 7.11 Å². The van der Waals surface area contributed by atoms with Gasteiger partial charge in [-0.25, -0.2) is 4.98 Å². The molecule has 174 valence electrons. The molecule has 1 aliphatic rings. The van der Waals surface area contributed by atoms with Crippen molar-refractivity contribution < 1.29 is 9.47 Å². The molecule has 0 spiro atoms. The van der Waals surface area contributed by atoms with Crippen molar-refractivity contribution in [1.82, 2.24) is 14.9 Å². The standard InChI is InChI=1S/C25H30ClN5O2/c1-18-17-27-25(29-24(18)30(2)20-8-11-22(26)23(16-20)32-3)28-19-6-9-21(10-7-19)33-15-14-31-12-4-5-13-31/h6-11,16-17H,4-5,12-15H2,1-3H3,(H,27,28,29). The molecule has 0 bridgehead atoms. The second kappa shape index (κ2) is 10.7. The quantitative estimate of drug-likeness (QED) is 0.450. The number of hydrogen-bond acceptors (Lipinski definition) is 7. The molecule has 1 aromatic heterocycles. The minimum Gasteiger partial charge on any atom is -0.495 e. The van der Waals surface area contributed by atoms with Crippen LogP contribution in [0.1, 0.15) is 18.4 Å². The van der Waals surface area contributed by atoms with E-state index >= 15 is 0 Å². The van der Waals surface area contributed by atoms with Crippen LogP contribution in [0.4, 0.5) is 23.1 Å². The van der Waals surface area contributed by atoms with Gasteiger partial charge in [-0.3, -0.25) is 4.90 Å². The minimum atomic E-state index is 0.520. The molecular weight excluding hydrogens is 438 g/mol. The average molecular weight is 468 g/mol. The van der Waals surface area contributed by atoms with Gasteiger partial charge in [-0.1, -0.05) is 11.6 Å². The minimum absolute atomic E-state index is 0.520. The smallest absolute Gasteiger partial charge is 0.229 e. The number of rotatable bonds is 9. The number of likely N-dealkylation sites (tertiary alicyclic amines) is 1. The first-order chi connectivity index (χ1) is 16.0. The Morgan fingerprint density at radius 2 is 1.88 bits per heavy atom. The Bertz CT molecular complexity index is 1070. The number of hydrogen-bond donors (Lipinski definition) is 1. The average Bonchev–Trinajstić information content (AvgIpc) is 3.35. The van der Waals surface area contributed by atoms with E-state index in [1.807, 2.05) is 67.5 Å². The maximum atomic E-state index is 6.17. The molecule has 8 heteroatoms. The third kappa shape index (κ3) is 5.86. The summed E-state index contributed by atoms with van der Waals surface area (Å²) in [5.41, 5.74) is 2.77. The molecule has 4 rings (SSSR count). The van der Waals surface area contributed by atoms with Crippen LogP contribution < -0.4 is 19.7 Å². The SMILES string of the molecule is COc1cc(N(C)c2nc(Nc3ccc(OCCN4CCCC4)cc3)ncc2C)ccc1Cl. The molecule has 0 atom stereocenters. The number of nitrogens with zero attached hydrogens (tertiary/aromatic N) is 4. The number of ether oxygens (including phenoxy) is 2. The van der Waals surface area contributed by atoms with E-state index < -0.39 is 0 Å². The highest BCUT2D eigenvalue weighted by molar-refractivity contribution is 6.32. The lowest BCUT2D eigenvalue weighted by molar-refractivity contribution is 0.238. The van der Waals surface area contributed by atoms with Crippen molar-refractivity contribution in [2.75, 3.05) is 50.6 Å².